The lowest BCUT2D eigenvalue weighted by Crippen LogP contribution is -2.25. The molecule has 7 nitrogen and oxygen atoms in total. The minimum absolute atomic E-state index is 0.0740. The number of pyridine rings is 2. The summed E-state index contributed by atoms with van der Waals surface area (Å²) in [5.74, 6) is -0.457. The predicted molar refractivity (Wildman–Crippen MR) is 118 cm³/mol. The Bertz CT molecular complexity index is 1220. The van der Waals surface area contributed by atoms with Crippen LogP contribution in [0.2, 0.25) is 0 Å². The number of hydrogen-bond donors (Lipinski definition) is 2. The summed E-state index contributed by atoms with van der Waals surface area (Å²) in [4.78, 5) is 17.3. The second kappa shape index (κ2) is 9.59. The minimum atomic E-state index is -0.531. The largest absolute Gasteiger partial charge is 0.384 e. The topological polar surface area (TPSA) is 98.4 Å². The summed E-state index contributed by atoms with van der Waals surface area (Å²) in [5.41, 5.74) is 4.02. The summed E-state index contributed by atoms with van der Waals surface area (Å²) in [7, 11) is 0. The van der Waals surface area contributed by atoms with Crippen molar-refractivity contribution in [1.82, 2.24) is 20.6 Å². The molecule has 0 saturated carbocycles. The third-order valence-electron chi connectivity index (χ3n) is 4.79. The van der Waals surface area contributed by atoms with Crippen molar-refractivity contribution >= 4 is 23.1 Å². The molecule has 0 radical (unpaired) electrons. The second-order valence-electron chi connectivity index (χ2n) is 6.91. The molecule has 0 saturated heterocycles. The molecule has 2 aromatic heterocycles. The summed E-state index contributed by atoms with van der Waals surface area (Å²) in [5, 5.41) is 15.9. The summed E-state index contributed by atoms with van der Waals surface area (Å²) in [6.45, 7) is 1.27. The number of aliphatic imine (C=N–C) groups is 2. The molecule has 2 N–H and O–H groups in total. The molecule has 154 valence electrons. The van der Waals surface area contributed by atoms with Crippen molar-refractivity contribution in [3.63, 3.8) is 0 Å². The number of nitrogens with zero attached hydrogens (tertiary/aromatic N) is 5. The standard InChI is InChI=1S/C23H20FN7/c24-20-14-27-12-18-2-1-8-28-21(18)7-9-26-15-30-23(20)29-13-19-5-4-17-10-16(11-25)3-6-22(17)31-19/h1-6,8,10,14-15,27H,7,9,12-13H2,(H,26,29,30)/b20-14-. The lowest BCUT2D eigenvalue weighted by molar-refractivity contribution is 0.651. The zero-order valence-electron chi connectivity index (χ0n) is 16.7. The van der Waals surface area contributed by atoms with E-state index < -0.39 is 5.83 Å². The molecule has 0 aliphatic carbocycles. The van der Waals surface area contributed by atoms with Crippen LogP contribution in [0.3, 0.4) is 0 Å². The van der Waals surface area contributed by atoms with Crippen molar-refractivity contribution in [2.75, 3.05) is 6.54 Å². The Kier molecular flexibility index (Phi) is 6.24. The lowest BCUT2D eigenvalue weighted by Gasteiger charge is -2.11. The van der Waals surface area contributed by atoms with Crippen molar-refractivity contribution in [3.05, 3.63) is 83.2 Å². The zero-order chi connectivity index (χ0) is 21.5. The number of rotatable bonds is 2. The van der Waals surface area contributed by atoms with Crippen LogP contribution in [0.4, 0.5) is 4.39 Å². The molecular weight excluding hydrogens is 393 g/mol. The van der Waals surface area contributed by atoms with E-state index in [9.17, 15) is 4.39 Å². The van der Waals surface area contributed by atoms with Crippen molar-refractivity contribution in [1.29, 1.82) is 5.26 Å². The highest BCUT2D eigenvalue weighted by atomic mass is 19.1. The molecule has 4 rings (SSSR count). The van der Waals surface area contributed by atoms with Gasteiger partial charge in [0.1, 0.15) is 6.34 Å². The van der Waals surface area contributed by atoms with Gasteiger partial charge in [0.25, 0.3) is 0 Å². The Labute approximate surface area is 179 Å². The van der Waals surface area contributed by atoms with Crippen LogP contribution in [0.5, 0.6) is 0 Å². The molecule has 0 amide bonds. The third kappa shape index (κ3) is 5.08. The van der Waals surface area contributed by atoms with Gasteiger partial charge in [0.15, 0.2) is 11.7 Å². The lowest BCUT2D eigenvalue weighted by atomic mass is 10.1. The van der Waals surface area contributed by atoms with Gasteiger partial charge >= 0.3 is 0 Å². The normalized spacial score (nSPS) is 18.6. The number of benzene rings is 1. The van der Waals surface area contributed by atoms with Crippen LogP contribution in [0.1, 0.15) is 22.5 Å². The Morgan fingerprint density at radius 2 is 2.13 bits per heavy atom. The first-order valence-electron chi connectivity index (χ1n) is 9.85. The van der Waals surface area contributed by atoms with Gasteiger partial charge in [-0.1, -0.05) is 12.1 Å². The van der Waals surface area contributed by atoms with E-state index in [-0.39, 0.29) is 12.4 Å². The smallest absolute Gasteiger partial charge is 0.181 e. The molecule has 31 heavy (non-hydrogen) atoms. The number of fused-ring (bicyclic) bond motifs is 2. The van der Waals surface area contributed by atoms with Gasteiger partial charge in [-0.2, -0.15) is 5.26 Å². The molecule has 0 bridgehead atoms. The van der Waals surface area contributed by atoms with Crippen LogP contribution in [0.25, 0.3) is 10.9 Å². The SMILES string of the molecule is N#Cc1ccc2nc(CNC3=N/C=N\CCc4ncccc4CN\C=C\3F)ccc2c1. The number of hydrogen-bond acceptors (Lipinski definition) is 7. The molecule has 1 aliphatic heterocycles. The highest BCUT2D eigenvalue weighted by molar-refractivity contribution is 6.00. The van der Waals surface area contributed by atoms with E-state index in [0.29, 0.717) is 25.1 Å². The highest BCUT2D eigenvalue weighted by Crippen LogP contribution is 2.15. The molecule has 1 aromatic carbocycles. The van der Waals surface area contributed by atoms with Gasteiger partial charge in [-0.25, -0.2) is 9.38 Å². The first-order chi connectivity index (χ1) is 15.2. The summed E-state index contributed by atoms with van der Waals surface area (Å²) in [6.07, 6.45) is 5.08. The van der Waals surface area contributed by atoms with Crippen LogP contribution in [0, 0.1) is 11.3 Å². The second-order valence-corrected chi connectivity index (χ2v) is 6.91. The molecule has 1 aliphatic rings. The summed E-state index contributed by atoms with van der Waals surface area (Å²) >= 11 is 0. The van der Waals surface area contributed by atoms with E-state index in [1.165, 1.54) is 12.5 Å². The molecular formula is C23H20FN7. The van der Waals surface area contributed by atoms with E-state index >= 15 is 0 Å². The van der Waals surface area contributed by atoms with E-state index in [1.54, 1.807) is 24.4 Å². The van der Waals surface area contributed by atoms with Gasteiger partial charge in [0.05, 0.1) is 29.4 Å². The molecule has 0 unspecified atom stereocenters. The Morgan fingerprint density at radius 3 is 3.03 bits per heavy atom. The van der Waals surface area contributed by atoms with Gasteiger partial charge in [-0.05, 0) is 35.9 Å². The van der Waals surface area contributed by atoms with Crippen molar-refractivity contribution in [2.24, 2.45) is 9.98 Å². The predicted octanol–water partition coefficient (Wildman–Crippen LogP) is 3.17. The summed E-state index contributed by atoms with van der Waals surface area (Å²) in [6, 6.07) is 15.0. The summed E-state index contributed by atoms with van der Waals surface area (Å²) < 4.78 is 14.7. The third-order valence-corrected chi connectivity index (χ3v) is 4.79. The van der Waals surface area contributed by atoms with Crippen molar-refractivity contribution in [3.8, 4) is 6.07 Å². The molecule has 0 atom stereocenters. The fourth-order valence-corrected chi connectivity index (χ4v) is 3.20. The van der Waals surface area contributed by atoms with Crippen LogP contribution in [0.15, 0.2) is 70.7 Å². The van der Waals surface area contributed by atoms with Gasteiger partial charge < -0.3 is 10.6 Å². The average Bonchev–Trinajstić information content (AvgIpc) is 2.80. The Hall–Kier alpha value is -4.12. The van der Waals surface area contributed by atoms with Crippen molar-refractivity contribution < 1.29 is 4.39 Å². The minimum Gasteiger partial charge on any atom is -0.384 e. The van der Waals surface area contributed by atoms with Gasteiger partial charge in [-0.3, -0.25) is 15.0 Å². The fraction of sp³-hybridized carbons (Fsp3) is 0.174. The number of aromatic nitrogens is 2. The van der Waals surface area contributed by atoms with Crippen LogP contribution in [-0.4, -0.2) is 28.7 Å². The quantitative estimate of drug-likeness (QED) is 0.672. The first-order valence-corrected chi connectivity index (χ1v) is 9.85. The number of halogens is 1. The maximum Gasteiger partial charge on any atom is 0.181 e. The number of amidine groups is 1. The first kappa shape index (κ1) is 20.2. The van der Waals surface area contributed by atoms with E-state index in [2.05, 4.69) is 36.7 Å². The van der Waals surface area contributed by atoms with Crippen molar-refractivity contribution in [2.45, 2.75) is 19.5 Å². The highest BCUT2D eigenvalue weighted by Gasteiger charge is 2.09. The van der Waals surface area contributed by atoms with E-state index in [4.69, 9.17) is 5.26 Å². The van der Waals surface area contributed by atoms with Crippen LogP contribution in [-0.2, 0) is 19.5 Å². The molecule has 8 heteroatoms. The average molecular weight is 413 g/mol. The van der Waals surface area contributed by atoms with E-state index in [1.807, 2.05) is 24.3 Å². The number of nitriles is 1. The number of nitrogens with one attached hydrogen (secondary N) is 2. The Morgan fingerprint density at radius 1 is 1.19 bits per heavy atom. The van der Waals surface area contributed by atoms with Crippen LogP contribution >= 0.6 is 0 Å². The van der Waals surface area contributed by atoms with Crippen LogP contribution < -0.4 is 10.6 Å². The monoisotopic (exact) mass is 413 g/mol. The fourth-order valence-electron chi connectivity index (χ4n) is 3.20. The van der Waals surface area contributed by atoms with E-state index in [0.717, 1.165) is 27.9 Å². The zero-order valence-corrected chi connectivity index (χ0v) is 16.7. The molecule has 3 heterocycles. The molecule has 0 fully saturated rings. The molecule has 3 aromatic rings. The maximum absolute atomic E-state index is 14.7. The molecule has 0 spiro atoms. The Balaban J connectivity index is 1.49. The van der Waals surface area contributed by atoms with Gasteiger partial charge in [-0.15, -0.1) is 0 Å². The van der Waals surface area contributed by atoms with Gasteiger partial charge in [0.2, 0.25) is 0 Å². The maximum atomic E-state index is 14.7. The van der Waals surface area contributed by atoms with Gasteiger partial charge in [0, 0.05) is 43.0 Å².